The zero-order chi connectivity index (χ0) is 13.6. The summed E-state index contributed by atoms with van der Waals surface area (Å²) in [4.78, 5) is 2.13. The van der Waals surface area contributed by atoms with Crippen LogP contribution >= 0.6 is 0 Å². The summed E-state index contributed by atoms with van der Waals surface area (Å²) in [6.07, 6.45) is 3.37. The van der Waals surface area contributed by atoms with Gasteiger partial charge in [0, 0.05) is 39.1 Å². The molecule has 1 rings (SSSR count). The Morgan fingerprint density at radius 2 is 1.94 bits per heavy atom. The SMILES string of the molecule is CNCC1(CN(C)CCS(C)(=O)=O)CCOCC1. The summed E-state index contributed by atoms with van der Waals surface area (Å²) in [6, 6.07) is 0. The summed E-state index contributed by atoms with van der Waals surface area (Å²) in [5.74, 6) is 0.232. The van der Waals surface area contributed by atoms with Gasteiger partial charge >= 0.3 is 0 Å². The van der Waals surface area contributed by atoms with E-state index in [1.165, 1.54) is 6.26 Å². The van der Waals surface area contributed by atoms with Gasteiger partial charge in [-0.2, -0.15) is 0 Å². The zero-order valence-corrected chi connectivity index (χ0v) is 12.6. The molecule has 0 atom stereocenters. The van der Waals surface area contributed by atoms with E-state index in [1.807, 2.05) is 14.1 Å². The van der Waals surface area contributed by atoms with E-state index in [-0.39, 0.29) is 11.2 Å². The molecule has 6 heteroatoms. The van der Waals surface area contributed by atoms with E-state index in [0.29, 0.717) is 6.54 Å². The standard InChI is InChI=1S/C12H26N2O3S/c1-13-10-12(4-7-17-8-5-12)11-14(2)6-9-18(3,15)16/h13H,4-11H2,1-3H3. The number of rotatable bonds is 7. The largest absolute Gasteiger partial charge is 0.381 e. The molecule has 0 saturated carbocycles. The first-order chi connectivity index (χ1) is 8.37. The molecule has 0 aliphatic carbocycles. The monoisotopic (exact) mass is 278 g/mol. The van der Waals surface area contributed by atoms with Crippen molar-refractivity contribution < 1.29 is 13.2 Å². The van der Waals surface area contributed by atoms with Gasteiger partial charge in [0.1, 0.15) is 9.84 Å². The average Bonchev–Trinajstić information content (AvgIpc) is 2.27. The number of nitrogens with one attached hydrogen (secondary N) is 1. The molecule has 0 aromatic rings. The Morgan fingerprint density at radius 1 is 1.33 bits per heavy atom. The molecule has 1 N–H and O–H groups in total. The number of nitrogens with zero attached hydrogens (tertiary/aromatic N) is 1. The highest BCUT2D eigenvalue weighted by atomic mass is 32.2. The van der Waals surface area contributed by atoms with Crippen LogP contribution in [0.25, 0.3) is 0 Å². The predicted molar refractivity (Wildman–Crippen MR) is 73.6 cm³/mol. The Labute approximate surface area is 111 Å². The second-order valence-corrected chi connectivity index (χ2v) is 7.77. The van der Waals surface area contributed by atoms with Gasteiger partial charge in [0.2, 0.25) is 0 Å². The van der Waals surface area contributed by atoms with E-state index in [4.69, 9.17) is 4.74 Å². The molecule has 108 valence electrons. The first kappa shape index (κ1) is 15.9. The van der Waals surface area contributed by atoms with Gasteiger partial charge in [-0.15, -0.1) is 0 Å². The second-order valence-electron chi connectivity index (χ2n) is 5.51. The molecule has 0 aromatic heterocycles. The molecule has 18 heavy (non-hydrogen) atoms. The molecule has 0 unspecified atom stereocenters. The summed E-state index contributed by atoms with van der Waals surface area (Å²) in [6.45, 7) is 4.10. The molecular formula is C12H26N2O3S. The van der Waals surface area contributed by atoms with Gasteiger partial charge in [-0.3, -0.25) is 0 Å². The minimum atomic E-state index is -2.87. The smallest absolute Gasteiger partial charge is 0.148 e. The van der Waals surface area contributed by atoms with E-state index in [2.05, 4.69) is 10.2 Å². The van der Waals surface area contributed by atoms with Crippen LogP contribution in [0, 0.1) is 5.41 Å². The second kappa shape index (κ2) is 6.84. The molecule has 0 aromatic carbocycles. The summed E-state index contributed by atoms with van der Waals surface area (Å²) in [7, 11) is 1.09. The molecule has 0 spiro atoms. The summed E-state index contributed by atoms with van der Waals surface area (Å²) < 4.78 is 27.8. The fourth-order valence-electron chi connectivity index (χ4n) is 2.54. The lowest BCUT2D eigenvalue weighted by Crippen LogP contribution is -2.46. The average molecular weight is 278 g/mol. The Hall–Kier alpha value is -0.170. The molecule has 1 fully saturated rings. The Morgan fingerprint density at radius 3 is 2.44 bits per heavy atom. The summed E-state index contributed by atoms with van der Waals surface area (Å²) in [5.41, 5.74) is 0.221. The molecule has 5 nitrogen and oxygen atoms in total. The molecule has 1 aliphatic rings. The number of sulfone groups is 1. The maximum Gasteiger partial charge on any atom is 0.148 e. The van der Waals surface area contributed by atoms with Crippen LogP contribution in [-0.2, 0) is 14.6 Å². The predicted octanol–water partition coefficient (Wildman–Crippen LogP) is -0.0210. The number of hydrogen-bond donors (Lipinski definition) is 1. The lowest BCUT2D eigenvalue weighted by molar-refractivity contribution is 0.00107. The molecule has 1 aliphatic heterocycles. The van der Waals surface area contributed by atoms with Gasteiger partial charge in [-0.1, -0.05) is 0 Å². The Balaban J connectivity index is 2.49. The van der Waals surface area contributed by atoms with Crippen LogP contribution < -0.4 is 5.32 Å². The number of hydrogen-bond acceptors (Lipinski definition) is 5. The summed E-state index contributed by atoms with van der Waals surface area (Å²) >= 11 is 0. The van der Waals surface area contributed by atoms with Crippen molar-refractivity contribution in [3.63, 3.8) is 0 Å². The maximum absolute atomic E-state index is 11.2. The van der Waals surface area contributed by atoms with Gasteiger partial charge in [0.05, 0.1) is 5.75 Å². The third-order valence-corrected chi connectivity index (χ3v) is 4.48. The van der Waals surface area contributed by atoms with Crippen molar-refractivity contribution in [3.05, 3.63) is 0 Å². The summed E-state index contributed by atoms with van der Waals surface area (Å²) in [5, 5.41) is 3.26. The normalized spacial score (nSPS) is 20.2. The number of ether oxygens (including phenoxy) is 1. The highest BCUT2D eigenvalue weighted by Crippen LogP contribution is 2.30. The van der Waals surface area contributed by atoms with Crippen molar-refractivity contribution in [3.8, 4) is 0 Å². The first-order valence-corrected chi connectivity index (χ1v) is 8.52. The van der Waals surface area contributed by atoms with Crippen molar-refractivity contribution in [2.45, 2.75) is 12.8 Å². The van der Waals surface area contributed by atoms with Crippen LogP contribution in [0.15, 0.2) is 0 Å². The molecule has 0 radical (unpaired) electrons. The van der Waals surface area contributed by atoms with Crippen LogP contribution in [0.5, 0.6) is 0 Å². The zero-order valence-electron chi connectivity index (χ0n) is 11.7. The van der Waals surface area contributed by atoms with Crippen molar-refractivity contribution in [1.82, 2.24) is 10.2 Å². The fourth-order valence-corrected chi connectivity index (χ4v) is 3.19. The third kappa shape index (κ3) is 5.65. The molecule has 1 saturated heterocycles. The highest BCUT2D eigenvalue weighted by molar-refractivity contribution is 7.90. The van der Waals surface area contributed by atoms with E-state index in [9.17, 15) is 8.42 Å². The van der Waals surface area contributed by atoms with Gasteiger partial charge in [0.25, 0.3) is 0 Å². The first-order valence-electron chi connectivity index (χ1n) is 6.46. The maximum atomic E-state index is 11.2. The third-order valence-electron chi connectivity index (χ3n) is 3.55. The van der Waals surface area contributed by atoms with E-state index in [1.54, 1.807) is 0 Å². The quantitative estimate of drug-likeness (QED) is 0.709. The lowest BCUT2D eigenvalue weighted by Gasteiger charge is -2.40. The van der Waals surface area contributed by atoms with Gasteiger partial charge in [0.15, 0.2) is 0 Å². The Kier molecular flexibility index (Phi) is 6.04. The van der Waals surface area contributed by atoms with Crippen LogP contribution in [0.3, 0.4) is 0 Å². The van der Waals surface area contributed by atoms with Gasteiger partial charge in [-0.25, -0.2) is 8.42 Å². The van der Waals surface area contributed by atoms with Crippen molar-refractivity contribution in [2.24, 2.45) is 5.41 Å². The lowest BCUT2D eigenvalue weighted by atomic mass is 9.79. The minimum absolute atomic E-state index is 0.221. The van der Waals surface area contributed by atoms with Gasteiger partial charge < -0.3 is 15.0 Å². The molecule has 1 heterocycles. The highest BCUT2D eigenvalue weighted by Gasteiger charge is 2.33. The van der Waals surface area contributed by atoms with Gasteiger partial charge in [-0.05, 0) is 32.4 Å². The molecule has 0 amide bonds. The van der Waals surface area contributed by atoms with Crippen LogP contribution in [0.1, 0.15) is 12.8 Å². The van der Waals surface area contributed by atoms with E-state index in [0.717, 1.165) is 39.1 Å². The van der Waals surface area contributed by atoms with E-state index >= 15 is 0 Å². The van der Waals surface area contributed by atoms with Crippen LogP contribution in [0.2, 0.25) is 0 Å². The van der Waals surface area contributed by atoms with Crippen molar-refractivity contribution >= 4 is 9.84 Å². The fraction of sp³-hybridized carbons (Fsp3) is 1.00. The van der Waals surface area contributed by atoms with Crippen molar-refractivity contribution in [2.75, 3.05) is 59.0 Å². The Bertz CT molecular complexity index is 332. The van der Waals surface area contributed by atoms with Crippen molar-refractivity contribution in [1.29, 1.82) is 0 Å². The topological polar surface area (TPSA) is 58.6 Å². The van der Waals surface area contributed by atoms with Crippen LogP contribution in [0.4, 0.5) is 0 Å². The molecular weight excluding hydrogens is 252 g/mol. The molecule has 0 bridgehead atoms. The van der Waals surface area contributed by atoms with Crippen LogP contribution in [-0.4, -0.2) is 72.3 Å². The minimum Gasteiger partial charge on any atom is -0.381 e. The van der Waals surface area contributed by atoms with E-state index < -0.39 is 9.84 Å².